The van der Waals surface area contributed by atoms with Crippen molar-refractivity contribution in [3.05, 3.63) is 29.8 Å². The van der Waals surface area contributed by atoms with Crippen LogP contribution >= 0.6 is 0 Å². The quantitative estimate of drug-likeness (QED) is 0.799. The maximum atomic E-state index is 11.9. The van der Waals surface area contributed by atoms with Crippen LogP contribution in [0.25, 0.3) is 0 Å². The van der Waals surface area contributed by atoms with Crippen molar-refractivity contribution in [3.8, 4) is 0 Å². The number of carbonyl (C=O) groups excluding carboxylic acids is 2. The molecule has 1 atom stereocenters. The molecule has 0 aromatic heterocycles. The molecule has 2 saturated heterocycles. The smallest absolute Gasteiger partial charge is 0.249 e. The lowest BCUT2D eigenvalue weighted by molar-refractivity contribution is -0.133. The van der Waals surface area contributed by atoms with Gasteiger partial charge in [-0.25, -0.2) is 0 Å². The molecule has 1 aromatic rings. The SMILES string of the molecule is O=C1CCC(Nc2ccc(C3CCN(C4CCCCC4)CC3)cc2)C(=O)N1. The van der Waals surface area contributed by atoms with Gasteiger partial charge in [0.25, 0.3) is 0 Å². The molecule has 146 valence electrons. The van der Waals surface area contributed by atoms with Gasteiger partial charge in [0.1, 0.15) is 6.04 Å². The molecule has 2 N–H and O–H groups in total. The van der Waals surface area contributed by atoms with Crippen LogP contribution in [0.5, 0.6) is 0 Å². The molecule has 3 fully saturated rings. The van der Waals surface area contributed by atoms with Crippen LogP contribution in [0, 0.1) is 0 Å². The highest BCUT2D eigenvalue weighted by Gasteiger charge is 2.28. The molecule has 1 aromatic carbocycles. The monoisotopic (exact) mass is 369 g/mol. The standard InChI is InChI=1S/C22H31N3O2/c26-21-11-10-20(22(27)24-21)23-18-8-6-16(7-9-18)17-12-14-25(15-13-17)19-4-2-1-3-5-19/h6-9,17,19-20,23H,1-5,10-15H2,(H,24,26,27). The van der Waals surface area contributed by atoms with Gasteiger partial charge in [-0.15, -0.1) is 0 Å². The number of hydrogen-bond acceptors (Lipinski definition) is 4. The summed E-state index contributed by atoms with van der Waals surface area (Å²) in [6, 6.07) is 9.08. The third-order valence-electron chi connectivity index (χ3n) is 6.58. The minimum atomic E-state index is -0.313. The first-order valence-corrected chi connectivity index (χ1v) is 10.6. The van der Waals surface area contributed by atoms with Crippen LogP contribution in [0.15, 0.2) is 24.3 Å². The summed E-state index contributed by atoms with van der Waals surface area (Å²) < 4.78 is 0. The summed E-state index contributed by atoms with van der Waals surface area (Å²) in [4.78, 5) is 25.9. The average molecular weight is 370 g/mol. The van der Waals surface area contributed by atoms with Gasteiger partial charge in [0, 0.05) is 18.2 Å². The lowest BCUT2D eigenvalue weighted by Crippen LogP contribution is -2.47. The lowest BCUT2D eigenvalue weighted by atomic mass is 9.86. The van der Waals surface area contributed by atoms with Crippen LogP contribution in [0.2, 0.25) is 0 Å². The first-order chi connectivity index (χ1) is 13.2. The van der Waals surface area contributed by atoms with Crippen LogP contribution in [0.3, 0.4) is 0 Å². The number of anilines is 1. The summed E-state index contributed by atoms with van der Waals surface area (Å²) in [6.07, 6.45) is 10.5. The minimum Gasteiger partial charge on any atom is -0.374 e. The Morgan fingerprint density at radius 2 is 1.59 bits per heavy atom. The maximum Gasteiger partial charge on any atom is 0.249 e. The zero-order valence-corrected chi connectivity index (χ0v) is 16.1. The van der Waals surface area contributed by atoms with Crippen molar-refractivity contribution < 1.29 is 9.59 Å². The number of hydrogen-bond donors (Lipinski definition) is 2. The van der Waals surface area contributed by atoms with E-state index in [2.05, 4.69) is 39.8 Å². The molecule has 1 aliphatic carbocycles. The summed E-state index contributed by atoms with van der Waals surface area (Å²) in [5, 5.41) is 5.66. The van der Waals surface area contributed by atoms with Gasteiger partial charge in [-0.05, 0) is 68.8 Å². The Morgan fingerprint density at radius 3 is 2.26 bits per heavy atom. The molecule has 5 nitrogen and oxygen atoms in total. The third kappa shape index (κ3) is 4.52. The van der Waals surface area contributed by atoms with Gasteiger partial charge >= 0.3 is 0 Å². The molecular formula is C22H31N3O2. The number of nitrogens with one attached hydrogen (secondary N) is 2. The topological polar surface area (TPSA) is 61.4 Å². The van der Waals surface area contributed by atoms with E-state index >= 15 is 0 Å². The second-order valence-corrected chi connectivity index (χ2v) is 8.37. The fourth-order valence-corrected chi connectivity index (χ4v) is 4.93. The second-order valence-electron chi connectivity index (χ2n) is 8.37. The van der Waals surface area contributed by atoms with Crippen molar-refractivity contribution in [2.24, 2.45) is 0 Å². The molecule has 5 heteroatoms. The molecule has 2 aliphatic heterocycles. The van der Waals surface area contributed by atoms with E-state index in [0.717, 1.165) is 11.7 Å². The number of rotatable bonds is 4. The van der Waals surface area contributed by atoms with Crippen LogP contribution in [-0.2, 0) is 9.59 Å². The van der Waals surface area contributed by atoms with E-state index in [0.29, 0.717) is 18.8 Å². The lowest BCUT2D eigenvalue weighted by Gasteiger charge is -2.39. The Balaban J connectivity index is 1.29. The van der Waals surface area contributed by atoms with E-state index in [1.165, 1.54) is 63.6 Å². The highest BCUT2D eigenvalue weighted by Crippen LogP contribution is 2.32. The third-order valence-corrected chi connectivity index (χ3v) is 6.58. The van der Waals surface area contributed by atoms with Gasteiger partial charge in [0.15, 0.2) is 0 Å². The van der Waals surface area contributed by atoms with E-state index in [1.54, 1.807) is 0 Å². The number of carbonyl (C=O) groups is 2. The zero-order chi connectivity index (χ0) is 18.6. The minimum absolute atomic E-state index is 0.173. The fourth-order valence-electron chi connectivity index (χ4n) is 4.93. The van der Waals surface area contributed by atoms with Gasteiger partial charge in [-0.3, -0.25) is 14.9 Å². The Morgan fingerprint density at radius 1 is 0.889 bits per heavy atom. The average Bonchev–Trinajstić information content (AvgIpc) is 2.71. The van der Waals surface area contributed by atoms with Gasteiger partial charge in [-0.1, -0.05) is 31.4 Å². The number of nitrogens with zero attached hydrogens (tertiary/aromatic N) is 1. The van der Waals surface area contributed by atoms with E-state index < -0.39 is 0 Å². The molecule has 0 radical (unpaired) electrons. The van der Waals surface area contributed by atoms with Crippen molar-refractivity contribution >= 4 is 17.5 Å². The van der Waals surface area contributed by atoms with E-state index in [4.69, 9.17) is 0 Å². The highest BCUT2D eigenvalue weighted by atomic mass is 16.2. The van der Waals surface area contributed by atoms with Crippen LogP contribution in [-0.4, -0.2) is 41.9 Å². The van der Waals surface area contributed by atoms with Crippen molar-refractivity contribution in [3.63, 3.8) is 0 Å². The van der Waals surface area contributed by atoms with Crippen molar-refractivity contribution in [1.82, 2.24) is 10.2 Å². The molecule has 2 amide bonds. The summed E-state index contributed by atoms with van der Waals surface area (Å²) in [7, 11) is 0. The molecule has 1 unspecified atom stereocenters. The largest absolute Gasteiger partial charge is 0.374 e. The summed E-state index contributed by atoms with van der Waals surface area (Å²) in [5.74, 6) is 0.257. The van der Waals surface area contributed by atoms with Crippen molar-refractivity contribution in [2.75, 3.05) is 18.4 Å². The second kappa shape index (κ2) is 8.42. The van der Waals surface area contributed by atoms with Crippen LogP contribution < -0.4 is 10.6 Å². The van der Waals surface area contributed by atoms with Gasteiger partial charge < -0.3 is 10.2 Å². The van der Waals surface area contributed by atoms with E-state index in [-0.39, 0.29) is 17.9 Å². The first kappa shape index (κ1) is 18.5. The fraction of sp³-hybridized carbons (Fsp3) is 0.636. The van der Waals surface area contributed by atoms with Crippen molar-refractivity contribution in [1.29, 1.82) is 0 Å². The molecule has 0 spiro atoms. The maximum absolute atomic E-state index is 11.9. The molecule has 1 saturated carbocycles. The molecule has 0 bridgehead atoms. The Kier molecular flexibility index (Phi) is 5.77. The predicted molar refractivity (Wildman–Crippen MR) is 107 cm³/mol. The number of imide groups is 1. The number of amides is 2. The van der Waals surface area contributed by atoms with Crippen LogP contribution in [0.1, 0.15) is 69.3 Å². The summed E-state index contributed by atoms with van der Waals surface area (Å²) in [6.45, 7) is 2.46. The Labute approximate surface area is 161 Å². The molecule has 27 heavy (non-hydrogen) atoms. The normalized spacial score (nSPS) is 26.0. The Bertz CT molecular complexity index is 659. The summed E-state index contributed by atoms with van der Waals surface area (Å²) >= 11 is 0. The molecule has 2 heterocycles. The number of benzene rings is 1. The molecular weight excluding hydrogens is 338 g/mol. The highest BCUT2D eigenvalue weighted by molar-refractivity contribution is 6.01. The summed E-state index contributed by atoms with van der Waals surface area (Å²) in [5.41, 5.74) is 2.36. The first-order valence-electron chi connectivity index (χ1n) is 10.6. The molecule has 4 rings (SSSR count). The molecule has 3 aliphatic rings. The number of piperidine rings is 2. The Hall–Kier alpha value is -1.88. The van der Waals surface area contributed by atoms with Crippen molar-refractivity contribution in [2.45, 2.75) is 75.8 Å². The van der Waals surface area contributed by atoms with Gasteiger partial charge in [0.05, 0.1) is 0 Å². The van der Waals surface area contributed by atoms with E-state index in [9.17, 15) is 9.59 Å². The van der Waals surface area contributed by atoms with Crippen LogP contribution in [0.4, 0.5) is 5.69 Å². The number of likely N-dealkylation sites (tertiary alicyclic amines) is 1. The van der Waals surface area contributed by atoms with E-state index in [1.807, 2.05) is 0 Å². The van der Waals surface area contributed by atoms with Gasteiger partial charge in [-0.2, -0.15) is 0 Å². The predicted octanol–water partition coefficient (Wildman–Crippen LogP) is 3.42. The zero-order valence-electron chi connectivity index (χ0n) is 16.1. The van der Waals surface area contributed by atoms with Gasteiger partial charge in [0.2, 0.25) is 11.8 Å².